The summed E-state index contributed by atoms with van der Waals surface area (Å²) in [5.41, 5.74) is 1.25. The van der Waals surface area contributed by atoms with Gasteiger partial charge in [-0.3, -0.25) is 4.99 Å². The molecule has 0 fully saturated rings. The lowest BCUT2D eigenvalue weighted by Crippen LogP contribution is -2.39. The number of halogens is 1. The topological polar surface area (TPSA) is 32.6 Å². The van der Waals surface area contributed by atoms with Crippen LogP contribution in [0.25, 0.3) is 0 Å². The molecule has 19 heavy (non-hydrogen) atoms. The molecule has 4 nitrogen and oxygen atoms in total. The Hall–Kier alpha value is -0.970. The molecule has 0 saturated heterocycles. The third-order valence-corrected chi connectivity index (χ3v) is 3.49. The summed E-state index contributed by atoms with van der Waals surface area (Å²) >= 11 is 3.50. The third-order valence-electron chi connectivity index (χ3n) is 3.05. The second-order valence-electron chi connectivity index (χ2n) is 5.27. The number of aromatic nitrogens is 1. The van der Waals surface area contributed by atoms with E-state index in [1.54, 1.807) is 0 Å². The maximum absolute atomic E-state index is 4.33. The molecular weight excluding hydrogens is 304 g/mol. The van der Waals surface area contributed by atoms with E-state index < -0.39 is 0 Å². The Bertz CT molecular complexity index is 423. The Morgan fingerprint density at radius 1 is 1.53 bits per heavy atom. The first-order valence-corrected chi connectivity index (χ1v) is 7.45. The maximum atomic E-state index is 4.33. The lowest BCUT2D eigenvalue weighted by atomic mass is 10.1. The molecule has 0 atom stereocenters. The molecule has 108 valence electrons. The average molecular weight is 329 g/mol. The van der Waals surface area contributed by atoms with E-state index in [-0.39, 0.29) is 0 Å². The zero-order valence-corrected chi connectivity index (χ0v) is 14.2. The van der Waals surface area contributed by atoms with Gasteiger partial charge in [0.25, 0.3) is 0 Å². The highest BCUT2D eigenvalue weighted by Crippen LogP contribution is 2.14. The van der Waals surface area contributed by atoms with Crippen LogP contribution in [0.1, 0.15) is 26.0 Å². The highest BCUT2D eigenvalue weighted by Gasteiger charge is 2.09. The molecule has 1 aromatic rings. The molecular formula is C14H25BrN4. The fourth-order valence-corrected chi connectivity index (χ4v) is 2.47. The van der Waals surface area contributed by atoms with Crippen LogP contribution in [-0.4, -0.2) is 36.1 Å². The van der Waals surface area contributed by atoms with Gasteiger partial charge >= 0.3 is 0 Å². The summed E-state index contributed by atoms with van der Waals surface area (Å²) in [4.78, 5) is 6.47. The van der Waals surface area contributed by atoms with Crippen molar-refractivity contribution >= 4 is 21.9 Å². The first-order valence-electron chi connectivity index (χ1n) is 6.66. The van der Waals surface area contributed by atoms with Crippen LogP contribution in [0.4, 0.5) is 0 Å². The molecule has 0 aromatic carbocycles. The van der Waals surface area contributed by atoms with Crippen molar-refractivity contribution in [1.82, 2.24) is 14.8 Å². The molecule has 1 heterocycles. The minimum atomic E-state index is 0.708. The highest BCUT2D eigenvalue weighted by atomic mass is 79.9. The fourth-order valence-electron chi connectivity index (χ4n) is 1.90. The van der Waals surface area contributed by atoms with Crippen molar-refractivity contribution in [3.05, 3.63) is 22.4 Å². The van der Waals surface area contributed by atoms with Gasteiger partial charge in [-0.2, -0.15) is 0 Å². The molecule has 1 rings (SSSR count). The van der Waals surface area contributed by atoms with Gasteiger partial charge in [-0.15, -0.1) is 0 Å². The fraction of sp³-hybridized carbons (Fsp3) is 0.643. The molecule has 0 saturated carbocycles. The Balaban J connectivity index is 2.54. The molecule has 0 radical (unpaired) electrons. The number of hydrogen-bond acceptors (Lipinski definition) is 1. The number of guanidine groups is 1. The van der Waals surface area contributed by atoms with Gasteiger partial charge in [0.1, 0.15) is 0 Å². The minimum absolute atomic E-state index is 0.708. The number of rotatable bonds is 5. The average Bonchev–Trinajstić information content (AvgIpc) is 2.63. The van der Waals surface area contributed by atoms with E-state index in [1.165, 1.54) is 5.69 Å². The summed E-state index contributed by atoms with van der Waals surface area (Å²) in [6.45, 7) is 6.26. The molecule has 0 bridgehead atoms. The normalized spacial score (nSPS) is 12.1. The van der Waals surface area contributed by atoms with E-state index in [9.17, 15) is 0 Å². The van der Waals surface area contributed by atoms with Crippen LogP contribution >= 0.6 is 15.9 Å². The van der Waals surface area contributed by atoms with Gasteiger partial charge in [0.05, 0.1) is 6.54 Å². The van der Waals surface area contributed by atoms with E-state index >= 15 is 0 Å². The van der Waals surface area contributed by atoms with Gasteiger partial charge in [0.2, 0.25) is 0 Å². The first-order chi connectivity index (χ1) is 8.93. The number of hydrogen-bond donors (Lipinski definition) is 1. The van der Waals surface area contributed by atoms with Crippen LogP contribution in [0, 0.1) is 5.92 Å². The molecule has 0 aliphatic carbocycles. The number of nitrogens with one attached hydrogen (secondary N) is 1. The van der Waals surface area contributed by atoms with Crippen LogP contribution in [0.5, 0.6) is 0 Å². The second kappa shape index (κ2) is 7.58. The monoisotopic (exact) mass is 328 g/mol. The Morgan fingerprint density at radius 3 is 2.68 bits per heavy atom. The summed E-state index contributed by atoms with van der Waals surface area (Å²) in [5.74, 6) is 1.65. The highest BCUT2D eigenvalue weighted by molar-refractivity contribution is 9.10. The molecule has 1 N–H and O–H groups in total. The SMILES string of the molecule is CN=C(NCCC(C)C)N(C)Cc1cc(Br)cn1C. The van der Waals surface area contributed by atoms with Crippen molar-refractivity contribution in [2.45, 2.75) is 26.8 Å². The number of aryl methyl sites for hydroxylation is 1. The Morgan fingerprint density at radius 2 is 2.21 bits per heavy atom. The summed E-state index contributed by atoms with van der Waals surface area (Å²) in [5, 5.41) is 3.40. The van der Waals surface area contributed by atoms with Gasteiger partial charge in [-0.25, -0.2) is 0 Å². The van der Waals surface area contributed by atoms with E-state index in [2.05, 4.69) is 75.9 Å². The van der Waals surface area contributed by atoms with Crippen LogP contribution in [-0.2, 0) is 13.6 Å². The van der Waals surface area contributed by atoms with Crippen LogP contribution in [0.15, 0.2) is 21.7 Å². The molecule has 5 heteroatoms. The van der Waals surface area contributed by atoms with Gasteiger partial charge in [0, 0.05) is 44.1 Å². The molecule has 0 aliphatic heterocycles. The summed E-state index contributed by atoms with van der Waals surface area (Å²) < 4.78 is 3.24. The molecule has 0 aliphatic rings. The predicted molar refractivity (Wildman–Crippen MR) is 85.4 cm³/mol. The maximum Gasteiger partial charge on any atom is 0.193 e. The second-order valence-corrected chi connectivity index (χ2v) is 6.19. The van der Waals surface area contributed by atoms with Crippen LogP contribution in [0.2, 0.25) is 0 Å². The molecule has 0 unspecified atom stereocenters. The van der Waals surface area contributed by atoms with E-state index in [1.807, 2.05) is 7.05 Å². The van der Waals surface area contributed by atoms with Gasteiger partial charge < -0.3 is 14.8 Å². The first kappa shape index (κ1) is 16.1. The largest absolute Gasteiger partial charge is 0.356 e. The van der Waals surface area contributed by atoms with Crippen molar-refractivity contribution in [3.8, 4) is 0 Å². The van der Waals surface area contributed by atoms with Crippen LogP contribution < -0.4 is 5.32 Å². The lowest BCUT2D eigenvalue weighted by Gasteiger charge is -2.22. The summed E-state index contributed by atoms with van der Waals surface area (Å²) in [7, 11) is 5.95. The number of aliphatic imine (C=N–C) groups is 1. The third kappa shape index (κ3) is 5.27. The van der Waals surface area contributed by atoms with Gasteiger partial charge in [-0.1, -0.05) is 13.8 Å². The molecule has 1 aromatic heterocycles. The van der Waals surface area contributed by atoms with Gasteiger partial charge in [0.15, 0.2) is 5.96 Å². The molecule has 0 amide bonds. The van der Waals surface area contributed by atoms with Gasteiger partial charge in [-0.05, 0) is 34.3 Å². The summed E-state index contributed by atoms with van der Waals surface area (Å²) in [6.07, 6.45) is 3.22. The zero-order valence-electron chi connectivity index (χ0n) is 12.6. The minimum Gasteiger partial charge on any atom is -0.356 e. The van der Waals surface area contributed by atoms with Crippen molar-refractivity contribution in [1.29, 1.82) is 0 Å². The molecule has 0 spiro atoms. The summed E-state index contributed by atoms with van der Waals surface area (Å²) in [6, 6.07) is 2.14. The van der Waals surface area contributed by atoms with Crippen molar-refractivity contribution in [2.24, 2.45) is 18.0 Å². The lowest BCUT2D eigenvalue weighted by molar-refractivity contribution is 0.456. The van der Waals surface area contributed by atoms with E-state index in [0.717, 1.165) is 29.9 Å². The van der Waals surface area contributed by atoms with Crippen molar-refractivity contribution in [2.75, 3.05) is 20.6 Å². The quantitative estimate of drug-likeness (QED) is 0.666. The Kier molecular flexibility index (Phi) is 6.42. The van der Waals surface area contributed by atoms with E-state index in [4.69, 9.17) is 0 Å². The standard InChI is InChI=1S/C14H25BrN4/c1-11(2)6-7-17-14(16-3)19(5)10-13-8-12(15)9-18(13)4/h8-9,11H,6-7,10H2,1-5H3,(H,16,17). The van der Waals surface area contributed by atoms with Crippen molar-refractivity contribution in [3.63, 3.8) is 0 Å². The number of nitrogens with zero attached hydrogens (tertiary/aromatic N) is 3. The van der Waals surface area contributed by atoms with Crippen LogP contribution in [0.3, 0.4) is 0 Å². The zero-order chi connectivity index (χ0) is 14.4. The van der Waals surface area contributed by atoms with E-state index in [0.29, 0.717) is 5.92 Å². The Labute approximate surface area is 125 Å². The predicted octanol–water partition coefficient (Wildman–Crippen LogP) is 2.84. The van der Waals surface area contributed by atoms with Crippen molar-refractivity contribution < 1.29 is 0 Å². The smallest absolute Gasteiger partial charge is 0.193 e.